The summed E-state index contributed by atoms with van der Waals surface area (Å²) >= 11 is 0. The van der Waals surface area contributed by atoms with Gasteiger partial charge in [-0.1, -0.05) is 68.5 Å². The first-order valence-electron chi connectivity index (χ1n) is 12.7. The van der Waals surface area contributed by atoms with E-state index in [4.69, 9.17) is 23.7 Å². The van der Waals surface area contributed by atoms with Crippen molar-refractivity contribution >= 4 is 5.97 Å². The Kier molecular flexibility index (Phi) is 9.90. The number of ether oxygens (including phenoxy) is 5. The van der Waals surface area contributed by atoms with Crippen molar-refractivity contribution in [1.29, 1.82) is 0 Å². The lowest BCUT2D eigenvalue weighted by molar-refractivity contribution is -0.168. The van der Waals surface area contributed by atoms with E-state index in [0.717, 1.165) is 22.4 Å². The van der Waals surface area contributed by atoms with Crippen LogP contribution in [0.5, 0.6) is 5.75 Å². The van der Waals surface area contributed by atoms with Crippen LogP contribution in [0.1, 0.15) is 45.7 Å². The predicted molar refractivity (Wildman–Crippen MR) is 141 cm³/mol. The second kappa shape index (κ2) is 12.7. The molecule has 0 radical (unpaired) electrons. The maximum absolute atomic E-state index is 12.0. The molecule has 1 fully saturated rings. The fraction of sp³-hybridized carbons (Fsp3) is 0.500. The highest BCUT2D eigenvalue weighted by molar-refractivity contribution is 5.73. The predicted octanol–water partition coefficient (Wildman–Crippen LogP) is 5.62. The van der Waals surface area contributed by atoms with E-state index >= 15 is 0 Å². The standard InChI is InChI=1S/C30H40O7/c1-19(2)25(34-18-23-13-15-24(33-7)16-14-23)20(3)26(35-17-22-11-9-8-10-12-22)21(4)27-28(29(31)32)37-30(5,6)36-27/h8-16,20-21,25-28H,1,17-18H2,2-7H3,(H,31,32)/t20-,21-,25-,26-,27+,28-/m1/s1. The smallest absolute Gasteiger partial charge is 0.335 e. The van der Waals surface area contributed by atoms with Gasteiger partial charge in [0, 0.05) is 11.8 Å². The molecular formula is C30H40O7. The zero-order chi connectivity index (χ0) is 27.2. The van der Waals surface area contributed by atoms with Gasteiger partial charge in [-0.25, -0.2) is 4.79 Å². The highest BCUT2D eigenvalue weighted by Gasteiger charge is 2.50. The van der Waals surface area contributed by atoms with Crippen molar-refractivity contribution in [2.24, 2.45) is 11.8 Å². The van der Waals surface area contributed by atoms with E-state index in [2.05, 4.69) is 13.5 Å². The summed E-state index contributed by atoms with van der Waals surface area (Å²) in [5.74, 6) is -1.74. The van der Waals surface area contributed by atoms with Gasteiger partial charge in [-0.15, -0.1) is 0 Å². The quantitative estimate of drug-likeness (QED) is 0.349. The van der Waals surface area contributed by atoms with Gasteiger partial charge >= 0.3 is 5.97 Å². The van der Waals surface area contributed by atoms with Crippen molar-refractivity contribution in [3.63, 3.8) is 0 Å². The summed E-state index contributed by atoms with van der Waals surface area (Å²) in [5.41, 5.74) is 2.89. The van der Waals surface area contributed by atoms with Crippen molar-refractivity contribution in [3.8, 4) is 5.75 Å². The second-order valence-corrected chi connectivity index (χ2v) is 10.3. The lowest BCUT2D eigenvalue weighted by atomic mass is 9.82. The van der Waals surface area contributed by atoms with Crippen LogP contribution in [0, 0.1) is 11.8 Å². The normalized spacial score (nSPS) is 22.1. The van der Waals surface area contributed by atoms with Crippen LogP contribution in [0.15, 0.2) is 66.7 Å². The molecule has 37 heavy (non-hydrogen) atoms. The van der Waals surface area contributed by atoms with Gasteiger partial charge in [0.25, 0.3) is 0 Å². The molecule has 7 heteroatoms. The number of methoxy groups -OCH3 is 1. The number of carboxylic acid groups (broad SMARTS) is 1. The van der Waals surface area contributed by atoms with Crippen LogP contribution in [0.25, 0.3) is 0 Å². The van der Waals surface area contributed by atoms with Crippen LogP contribution in [-0.4, -0.2) is 48.4 Å². The number of hydrogen-bond donors (Lipinski definition) is 1. The summed E-state index contributed by atoms with van der Waals surface area (Å²) < 4.78 is 30.0. The molecule has 1 aliphatic heterocycles. The average Bonchev–Trinajstić information content (AvgIpc) is 3.20. The summed E-state index contributed by atoms with van der Waals surface area (Å²) in [7, 11) is 1.64. The molecule has 2 aromatic rings. The molecule has 3 rings (SSSR count). The Balaban J connectivity index is 1.83. The number of hydrogen-bond acceptors (Lipinski definition) is 6. The van der Waals surface area contributed by atoms with Gasteiger partial charge in [0.2, 0.25) is 0 Å². The highest BCUT2D eigenvalue weighted by Crippen LogP contribution is 2.37. The van der Waals surface area contributed by atoms with Crippen LogP contribution < -0.4 is 4.74 Å². The van der Waals surface area contributed by atoms with E-state index in [1.54, 1.807) is 21.0 Å². The van der Waals surface area contributed by atoms with Crippen LogP contribution in [0.2, 0.25) is 0 Å². The zero-order valence-corrected chi connectivity index (χ0v) is 22.7. The van der Waals surface area contributed by atoms with Gasteiger partial charge in [0.1, 0.15) is 11.9 Å². The molecule has 1 saturated heterocycles. The Morgan fingerprint density at radius 2 is 1.59 bits per heavy atom. The minimum atomic E-state index is -1.09. The molecule has 1 heterocycles. The monoisotopic (exact) mass is 512 g/mol. The van der Waals surface area contributed by atoms with Gasteiger partial charge < -0.3 is 28.8 Å². The van der Waals surface area contributed by atoms with Crippen LogP contribution in [0.4, 0.5) is 0 Å². The first-order valence-corrected chi connectivity index (χ1v) is 12.7. The van der Waals surface area contributed by atoms with Gasteiger partial charge in [0.05, 0.1) is 32.5 Å². The SMILES string of the molecule is C=C(C)[C@@H](OCc1ccc(OC)cc1)[C@@H](C)[C@@H](OCc1ccccc1)[C@@H](C)[C@@H]1OC(C)(C)O[C@H]1C(=O)O. The first-order chi connectivity index (χ1) is 17.5. The van der Waals surface area contributed by atoms with E-state index in [9.17, 15) is 9.90 Å². The summed E-state index contributed by atoms with van der Waals surface area (Å²) in [6.45, 7) is 14.4. The van der Waals surface area contributed by atoms with Gasteiger partial charge in [-0.3, -0.25) is 0 Å². The minimum Gasteiger partial charge on any atom is -0.497 e. The number of carbonyl (C=O) groups is 1. The largest absolute Gasteiger partial charge is 0.497 e. The van der Waals surface area contributed by atoms with Gasteiger partial charge in [-0.2, -0.15) is 0 Å². The van der Waals surface area contributed by atoms with E-state index in [1.807, 2.05) is 68.4 Å². The first kappa shape index (κ1) is 28.9. The number of carboxylic acids is 1. The van der Waals surface area contributed by atoms with Crippen molar-refractivity contribution in [1.82, 2.24) is 0 Å². The highest BCUT2D eigenvalue weighted by atomic mass is 16.8. The molecular weight excluding hydrogens is 472 g/mol. The summed E-state index contributed by atoms with van der Waals surface area (Å²) in [6, 6.07) is 17.6. The third kappa shape index (κ3) is 7.65. The fourth-order valence-corrected chi connectivity index (χ4v) is 4.92. The minimum absolute atomic E-state index is 0.156. The molecule has 0 aromatic heterocycles. The third-order valence-electron chi connectivity index (χ3n) is 6.76. The molecule has 0 unspecified atom stereocenters. The lowest BCUT2D eigenvalue weighted by Crippen LogP contribution is -2.46. The van der Waals surface area contributed by atoms with Crippen LogP contribution in [0.3, 0.4) is 0 Å². The van der Waals surface area contributed by atoms with Gasteiger partial charge in [0.15, 0.2) is 11.9 Å². The molecule has 202 valence electrons. The fourth-order valence-electron chi connectivity index (χ4n) is 4.92. The Morgan fingerprint density at radius 1 is 1.00 bits per heavy atom. The Labute approximate surface area is 220 Å². The second-order valence-electron chi connectivity index (χ2n) is 10.3. The van der Waals surface area contributed by atoms with E-state index < -0.39 is 30.1 Å². The van der Waals surface area contributed by atoms with Crippen molar-refractivity contribution < 1.29 is 33.6 Å². The summed E-state index contributed by atoms with van der Waals surface area (Å²) in [6.07, 6.45) is -2.52. The third-order valence-corrected chi connectivity index (χ3v) is 6.76. The molecule has 0 saturated carbocycles. The Hall–Kier alpha value is -2.71. The average molecular weight is 513 g/mol. The lowest BCUT2D eigenvalue weighted by Gasteiger charge is -2.37. The van der Waals surface area contributed by atoms with Crippen LogP contribution >= 0.6 is 0 Å². The van der Waals surface area contributed by atoms with Crippen molar-refractivity contribution in [2.45, 2.75) is 78.0 Å². The molecule has 0 spiro atoms. The zero-order valence-electron chi connectivity index (χ0n) is 22.7. The number of aliphatic carboxylic acids is 1. The Morgan fingerprint density at radius 3 is 2.16 bits per heavy atom. The molecule has 0 aliphatic carbocycles. The summed E-state index contributed by atoms with van der Waals surface area (Å²) in [5, 5.41) is 9.84. The van der Waals surface area contributed by atoms with E-state index in [0.29, 0.717) is 13.2 Å². The molecule has 0 amide bonds. The molecule has 7 nitrogen and oxygen atoms in total. The van der Waals surface area contributed by atoms with Crippen molar-refractivity contribution in [2.75, 3.05) is 7.11 Å². The molecule has 0 bridgehead atoms. The molecule has 2 aromatic carbocycles. The summed E-state index contributed by atoms with van der Waals surface area (Å²) in [4.78, 5) is 12.0. The van der Waals surface area contributed by atoms with Crippen LogP contribution in [-0.2, 0) is 37.0 Å². The number of rotatable bonds is 13. The van der Waals surface area contributed by atoms with E-state index in [-0.39, 0.29) is 17.9 Å². The van der Waals surface area contributed by atoms with Crippen molar-refractivity contribution in [3.05, 3.63) is 77.9 Å². The topological polar surface area (TPSA) is 83.5 Å². The molecule has 6 atom stereocenters. The number of benzene rings is 2. The Bertz CT molecular complexity index is 1020. The maximum atomic E-state index is 12.0. The molecule has 1 N–H and O–H groups in total. The molecule has 1 aliphatic rings. The van der Waals surface area contributed by atoms with Gasteiger partial charge in [-0.05, 0) is 44.0 Å². The maximum Gasteiger partial charge on any atom is 0.335 e. The van der Waals surface area contributed by atoms with E-state index in [1.165, 1.54) is 0 Å².